The van der Waals surface area contributed by atoms with Crippen molar-refractivity contribution in [3.8, 4) is 5.69 Å². The van der Waals surface area contributed by atoms with Gasteiger partial charge in [-0.1, -0.05) is 30.3 Å². The molecule has 0 bridgehead atoms. The normalized spacial score (nSPS) is 16.2. The van der Waals surface area contributed by atoms with Gasteiger partial charge in [0.25, 0.3) is 5.91 Å². The summed E-state index contributed by atoms with van der Waals surface area (Å²) in [5.74, 6) is -0.180. The van der Waals surface area contributed by atoms with Crippen molar-refractivity contribution in [2.75, 3.05) is 11.5 Å². The van der Waals surface area contributed by atoms with Crippen molar-refractivity contribution in [1.29, 1.82) is 0 Å². The minimum Gasteiger partial charge on any atom is -0.399 e. The summed E-state index contributed by atoms with van der Waals surface area (Å²) in [7, 11) is 0. The van der Waals surface area contributed by atoms with Gasteiger partial charge < -0.3 is 17.2 Å². The number of nitrogens with two attached hydrogens (primary N) is 3. The van der Waals surface area contributed by atoms with E-state index in [4.69, 9.17) is 17.2 Å². The second-order valence-corrected chi connectivity index (χ2v) is 6.72. The maximum Gasteiger partial charge on any atom is 0.254 e. The second kappa shape index (κ2) is 6.22. The van der Waals surface area contributed by atoms with Crippen molar-refractivity contribution < 1.29 is 4.79 Å². The van der Waals surface area contributed by atoms with Crippen molar-refractivity contribution in [1.82, 2.24) is 9.78 Å². The van der Waals surface area contributed by atoms with Gasteiger partial charge in [-0.25, -0.2) is 4.68 Å². The fourth-order valence-corrected chi connectivity index (χ4v) is 3.77. The van der Waals surface area contributed by atoms with Crippen LogP contribution in [0.3, 0.4) is 0 Å². The highest BCUT2D eigenvalue weighted by molar-refractivity contribution is 5.99. The zero-order valence-corrected chi connectivity index (χ0v) is 14.4. The van der Waals surface area contributed by atoms with Gasteiger partial charge in [0.15, 0.2) is 0 Å². The van der Waals surface area contributed by atoms with E-state index in [1.807, 2.05) is 18.2 Å². The molecule has 1 amide bonds. The van der Waals surface area contributed by atoms with Crippen molar-refractivity contribution in [2.24, 2.45) is 5.73 Å². The van der Waals surface area contributed by atoms with Gasteiger partial charge in [0, 0.05) is 11.6 Å². The highest BCUT2D eigenvalue weighted by Gasteiger charge is 2.29. The fourth-order valence-electron chi connectivity index (χ4n) is 3.77. The molecule has 2 aromatic carbocycles. The summed E-state index contributed by atoms with van der Waals surface area (Å²) in [4.78, 5) is 12.1. The largest absolute Gasteiger partial charge is 0.399 e. The first-order chi connectivity index (χ1) is 12.5. The zero-order valence-electron chi connectivity index (χ0n) is 14.4. The van der Waals surface area contributed by atoms with E-state index in [1.54, 1.807) is 16.8 Å². The van der Waals surface area contributed by atoms with Crippen LogP contribution in [0.2, 0.25) is 0 Å². The Morgan fingerprint density at radius 2 is 1.85 bits per heavy atom. The number of amides is 1. The third-order valence-electron chi connectivity index (χ3n) is 5.04. The van der Waals surface area contributed by atoms with Gasteiger partial charge in [-0.15, -0.1) is 0 Å². The lowest BCUT2D eigenvalue weighted by Gasteiger charge is -2.23. The molecule has 4 rings (SSSR count). The number of primary amides is 1. The van der Waals surface area contributed by atoms with Crippen LogP contribution in [0.25, 0.3) is 5.69 Å². The SMILES string of the molecule is NC(=O)c1c(C2CCc3ccccc3C2)nn(-c2cccc(N)c2)c1N. The summed E-state index contributed by atoms with van der Waals surface area (Å²) in [5.41, 5.74) is 22.7. The maximum atomic E-state index is 12.1. The number of hydrogen-bond donors (Lipinski definition) is 3. The molecule has 1 unspecified atom stereocenters. The Hall–Kier alpha value is -3.28. The molecule has 1 aliphatic carbocycles. The highest BCUT2D eigenvalue weighted by atomic mass is 16.1. The third kappa shape index (κ3) is 2.69. The number of benzene rings is 2. The molecular formula is C20H21N5O. The molecule has 1 aliphatic rings. The first kappa shape index (κ1) is 16.2. The topological polar surface area (TPSA) is 113 Å². The smallest absolute Gasteiger partial charge is 0.254 e. The molecule has 26 heavy (non-hydrogen) atoms. The molecule has 0 radical (unpaired) electrons. The van der Waals surface area contributed by atoms with Crippen molar-refractivity contribution >= 4 is 17.4 Å². The quantitative estimate of drug-likeness (QED) is 0.631. The summed E-state index contributed by atoms with van der Waals surface area (Å²) < 4.78 is 1.56. The van der Waals surface area contributed by atoms with Crippen LogP contribution < -0.4 is 17.2 Å². The van der Waals surface area contributed by atoms with Crippen LogP contribution in [0.4, 0.5) is 11.5 Å². The summed E-state index contributed by atoms with van der Waals surface area (Å²) in [5, 5.41) is 4.67. The Morgan fingerprint density at radius 3 is 2.58 bits per heavy atom. The molecule has 0 aliphatic heterocycles. The van der Waals surface area contributed by atoms with Crippen molar-refractivity contribution in [3.05, 3.63) is 70.9 Å². The first-order valence-electron chi connectivity index (χ1n) is 8.65. The summed E-state index contributed by atoms with van der Waals surface area (Å²) in [6, 6.07) is 15.6. The van der Waals surface area contributed by atoms with E-state index >= 15 is 0 Å². The number of carbonyl (C=O) groups is 1. The molecule has 0 spiro atoms. The van der Waals surface area contributed by atoms with Crippen LogP contribution in [-0.2, 0) is 12.8 Å². The molecule has 6 nitrogen and oxygen atoms in total. The maximum absolute atomic E-state index is 12.1. The second-order valence-electron chi connectivity index (χ2n) is 6.72. The third-order valence-corrected chi connectivity index (χ3v) is 5.04. The number of hydrogen-bond acceptors (Lipinski definition) is 4. The molecule has 1 atom stereocenters. The summed E-state index contributed by atoms with van der Waals surface area (Å²) in [6.45, 7) is 0. The molecule has 3 aromatic rings. The Labute approximate surface area is 151 Å². The number of carbonyl (C=O) groups excluding carboxylic acids is 1. The van der Waals surface area contributed by atoms with Crippen LogP contribution in [0.1, 0.15) is 39.5 Å². The van der Waals surface area contributed by atoms with Gasteiger partial charge in [0.05, 0.1) is 11.4 Å². The Balaban J connectivity index is 1.79. The molecule has 0 saturated carbocycles. The fraction of sp³-hybridized carbons (Fsp3) is 0.200. The van der Waals surface area contributed by atoms with Gasteiger partial charge >= 0.3 is 0 Å². The van der Waals surface area contributed by atoms with Gasteiger partial charge in [0.2, 0.25) is 0 Å². The Bertz CT molecular complexity index is 992. The average molecular weight is 347 g/mol. The molecule has 0 fully saturated rings. The number of anilines is 2. The van der Waals surface area contributed by atoms with Crippen LogP contribution in [0, 0.1) is 0 Å². The van der Waals surface area contributed by atoms with Gasteiger partial charge in [-0.2, -0.15) is 5.10 Å². The van der Waals surface area contributed by atoms with Crippen LogP contribution >= 0.6 is 0 Å². The van der Waals surface area contributed by atoms with Crippen molar-refractivity contribution in [2.45, 2.75) is 25.2 Å². The number of rotatable bonds is 3. The minimum atomic E-state index is -0.550. The standard InChI is InChI=1S/C20H21N5O/c21-15-6-3-7-16(11-15)25-19(22)17(20(23)26)18(24-25)14-9-8-12-4-1-2-5-13(12)10-14/h1-7,11,14H,8-10,21-22H2,(H2,23,26). The molecule has 6 heteroatoms. The lowest BCUT2D eigenvalue weighted by molar-refractivity contribution is 0.0999. The van der Waals surface area contributed by atoms with Crippen LogP contribution in [0.15, 0.2) is 48.5 Å². The van der Waals surface area contributed by atoms with Crippen molar-refractivity contribution in [3.63, 3.8) is 0 Å². The lowest BCUT2D eigenvalue weighted by atomic mass is 9.81. The highest BCUT2D eigenvalue weighted by Crippen LogP contribution is 2.36. The monoisotopic (exact) mass is 347 g/mol. The lowest BCUT2D eigenvalue weighted by Crippen LogP contribution is -2.19. The number of aryl methyl sites for hydroxylation is 1. The summed E-state index contributed by atoms with van der Waals surface area (Å²) >= 11 is 0. The summed E-state index contributed by atoms with van der Waals surface area (Å²) in [6.07, 6.45) is 2.68. The number of fused-ring (bicyclic) bond motifs is 1. The van der Waals surface area contributed by atoms with Crippen LogP contribution in [-0.4, -0.2) is 15.7 Å². The molecule has 0 saturated heterocycles. The van der Waals surface area contributed by atoms with E-state index < -0.39 is 5.91 Å². The van der Waals surface area contributed by atoms with Crippen LogP contribution in [0.5, 0.6) is 0 Å². The number of nitrogen functional groups attached to an aromatic ring is 2. The first-order valence-corrected chi connectivity index (χ1v) is 8.65. The van der Waals surface area contributed by atoms with E-state index in [0.29, 0.717) is 22.6 Å². The van der Waals surface area contributed by atoms with E-state index in [2.05, 4.69) is 23.3 Å². The Morgan fingerprint density at radius 1 is 1.08 bits per heavy atom. The van der Waals surface area contributed by atoms with E-state index in [-0.39, 0.29) is 11.7 Å². The predicted octanol–water partition coefficient (Wildman–Crippen LogP) is 2.41. The zero-order chi connectivity index (χ0) is 18.3. The van der Waals surface area contributed by atoms with E-state index in [1.165, 1.54) is 11.1 Å². The predicted molar refractivity (Wildman–Crippen MR) is 102 cm³/mol. The molecule has 1 heterocycles. The average Bonchev–Trinajstić information content (AvgIpc) is 2.99. The number of aromatic nitrogens is 2. The van der Waals surface area contributed by atoms with E-state index in [0.717, 1.165) is 19.3 Å². The molecular weight excluding hydrogens is 326 g/mol. The molecule has 132 valence electrons. The minimum absolute atomic E-state index is 0.108. The van der Waals surface area contributed by atoms with E-state index in [9.17, 15) is 4.79 Å². The van der Waals surface area contributed by atoms with Gasteiger partial charge in [0.1, 0.15) is 11.4 Å². The Kier molecular flexibility index (Phi) is 3.88. The molecule has 6 N–H and O–H groups in total. The molecule has 1 aromatic heterocycles. The number of nitrogens with zero attached hydrogens (tertiary/aromatic N) is 2. The van der Waals surface area contributed by atoms with Gasteiger partial charge in [-0.3, -0.25) is 4.79 Å². The van der Waals surface area contributed by atoms with Gasteiger partial charge in [-0.05, 0) is 48.6 Å².